The Bertz CT molecular complexity index is 609. The number of para-hydroxylation sites is 1. The number of carboxylic acids is 1. The van der Waals surface area contributed by atoms with Crippen molar-refractivity contribution in [2.75, 3.05) is 6.61 Å². The summed E-state index contributed by atoms with van der Waals surface area (Å²) in [7, 11) is 0. The van der Waals surface area contributed by atoms with E-state index in [2.05, 4.69) is 0 Å². The second-order valence-electron chi connectivity index (χ2n) is 3.87. The minimum absolute atomic E-state index is 0.0820. The summed E-state index contributed by atoms with van der Waals surface area (Å²) in [5, 5.41) is 9.21. The monoisotopic (exact) mass is 312 g/mol. The van der Waals surface area contributed by atoms with Crippen LogP contribution in [0.1, 0.15) is 22.2 Å². The van der Waals surface area contributed by atoms with Crippen LogP contribution in [0.2, 0.25) is 4.34 Å². The Balaban J connectivity index is 2.25. The minimum Gasteiger partial charge on any atom is -0.490 e. The number of carboxylic acid groups (broad SMARTS) is 1. The summed E-state index contributed by atoms with van der Waals surface area (Å²) in [6.07, 6.45) is 0. The van der Waals surface area contributed by atoms with Crippen molar-refractivity contribution >= 4 is 28.9 Å². The van der Waals surface area contributed by atoms with Gasteiger partial charge in [0.1, 0.15) is 12.2 Å². The summed E-state index contributed by atoms with van der Waals surface area (Å²) in [4.78, 5) is 12.2. The highest BCUT2D eigenvalue weighted by Crippen LogP contribution is 2.33. The third kappa shape index (κ3) is 3.43. The Morgan fingerprint density at radius 2 is 2.10 bits per heavy atom. The number of thiophene rings is 1. The summed E-state index contributed by atoms with van der Waals surface area (Å²) >= 11 is 7.24. The molecule has 0 aliphatic heterocycles. The molecule has 1 aromatic heterocycles. The van der Waals surface area contributed by atoms with Crippen molar-refractivity contribution in [3.8, 4) is 11.5 Å². The number of carbonyl (C=O) groups is 1. The van der Waals surface area contributed by atoms with Crippen molar-refractivity contribution in [2.24, 2.45) is 0 Å². The van der Waals surface area contributed by atoms with Crippen LogP contribution in [0, 0.1) is 0 Å². The zero-order chi connectivity index (χ0) is 14.5. The maximum atomic E-state index is 11.2. The van der Waals surface area contributed by atoms with Crippen molar-refractivity contribution < 1.29 is 19.4 Å². The van der Waals surface area contributed by atoms with Crippen molar-refractivity contribution in [1.29, 1.82) is 0 Å². The van der Waals surface area contributed by atoms with E-state index in [4.69, 9.17) is 21.1 Å². The van der Waals surface area contributed by atoms with Crippen molar-refractivity contribution in [3.05, 3.63) is 45.1 Å². The zero-order valence-corrected chi connectivity index (χ0v) is 12.3. The van der Waals surface area contributed by atoms with Crippen molar-refractivity contribution in [1.82, 2.24) is 0 Å². The number of hydrogen-bond donors (Lipinski definition) is 1. The molecule has 0 aliphatic rings. The van der Waals surface area contributed by atoms with Crippen LogP contribution < -0.4 is 9.47 Å². The van der Waals surface area contributed by atoms with Gasteiger partial charge in [-0.1, -0.05) is 17.7 Å². The fourth-order valence-electron chi connectivity index (χ4n) is 1.67. The molecule has 4 nitrogen and oxygen atoms in total. The summed E-state index contributed by atoms with van der Waals surface area (Å²) in [6.45, 7) is 2.52. The molecule has 106 valence electrons. The predicted octanol–water partition coefficient (Wildman–Crippen LogP) is 4.08. The van der Waals surface area contributed by atoms with Crippen LogP contribution in [0.4, 0.5) is 0 Å². The predicted molar refractivity (Wildman–Crippen MR) is 78.2 cm³/mol. The summed E-state index contributed by atoms with van der Waals surface area (Å²) in [5.41, 5.74) is 0.0820. The van der Waals surface area contributed by atoms with Crippen LogP contribution in [0.3, 0.4) is 0 Å². The van der Waals surface area contributed by atoms with Gasteiger partial charge in [-0.2, -0.15) is 0 Å². The SMILES string of the molecule is CCOc1cccc(C(=O)O)c1OCc1ccc(Cl)s1. The van der Waals surface area contributed by atoms with E-state index in [1.807, 2.05) is 13.0 Å². The number of hydrogen-bond acceptors (Lipinski definition) is 4. The number of aromatic carboxylic acids is 1. The van der Waals surface area contributed by atoms with E-state index in [-0.39, 0.29) is 17.9 Å². The van der Waals surface area contributed by atoms with Crippen LogP contribution in [0.5, 0.6) is 11.5 Å². The first-order valence-electron chi connectivity index (χ1n) is 5.98. The van der Waals surface area contributed by atoms with Crippen LogP contribution in [-0.4, -0.2) is 17.7 Å². The molecule has 0 amide bonds. The lowest BCUT2D eigenvalue weighted by Gasteiger charge is -2.13. The van der Waals surface area contributed by atoms with Crippen LogP contribution >= 0.6 is 22.9 Å². The van der Waals surface area contributed by atoms with E-state index in [1.165, 1.54) is 17.4 Å². The number of rotatable bonds is 6. The van der Waals surface area contributed by atoms with Crippen molar-refractivity contribution in [2.45, 2.75) is 13.5 Å². The molecule has 0 fully saturated rings. The minimum atomic E-state index is -1.05. The lowest BCUT2D eigenvalue weighted by Crippen LogP contribution is -2.05. The highest BCUT2D eigenvalue weighted by atomic mass is 35.5. The summed E-state index contributed by atoms with van der Waals surface area (Å²) < 4.78 is 11.7. The van der Waals surface area contributed by atoms with Gasteiger partial charge in [0.15, 0.2) is 11.5 Å². The molecule has 1 N–H and O–H groups in total. The highest BCUT2D eigenvalue weighted by molar-refractivity contribution is 7.16. The maximum Gasteiger partial charge on any atom is 0.339 e. The number of halogens is 1. The van der Waals surface area contributed by atoms with E-state index >= 15 is 0 Å². The molecule has 0 radical (unpaired) electrons. The molecule has 20 heavy (non-hydrogen) atoms. The van der Waals surface area contributed by atoms with Crippen LogP contribution in [0.25, 0.3) is 0 Å². The largest absolute Gasteiger partial charge is 0.490 e. The van der Waals surface area contributed by atoms with Gasteiger partial charge in [-0.15, -0.1) is 11.3 Å². The first-order valence-corrected chi connectivity index (χ1v) is 7.17. The van der Waals surface area contributed by atoms with Gasteiger partial charge in [0.2, 0.25) is 0 Å². The maximum absolute atomic E-state index is 11.2. The fourth-order valence-corrected chi connectivity index (χ4v) is 2.68. The second-order valence-corrected chi connectivity index (χ2v) is 5.67. The Labute approximate surface area is 125 Å². The first kappa shape index (κ1) is 14.7. The Morgan fingerprint density at radius 1 is 1.30 bits per heavy atom. The average Bonchev–Trinajstić information content (AvgIpc) is 2.83. The Hall–Kier alpha value is -1.72. The molecule has 0 spiro atoms. The normalized spacial score (nSPS) is 10.3. The molecule has 2 aromatic rings. The van der Waals surface area contributed by atoms with E-state index in [0.29, 0.717) is 16.7 Å². The molecule has 0 unspecified atom stereocenters. The topological polar surface area (TPSA) is 55.8 Å². The van der Waals surface area contributed by atoms with Crippen LogP contribution in [0.15, 0.2) is 30.3 Å². The Morgan fingerprint density at radius 3 is 2.70 bits per heavy atom. The zero-order valence-electron chi connectivity index (χ0n) is 10.8. The molecular formula is C14H13ClO4S. The molecule has 1 heterocycles. The molecule has 0 saturated heterocycles. The summed E-state index contributed by atoms with van der Waals surface area (Å²) in [6, 6.07) is 8.42. The Kier molecular flexibility index (Phi) is 4.87. The highest BCUT2D eigenvalue weighted by Gasteiger charge is 2.16. The van der Waals surface area contributed by atoms with Crippen LogP contribution in [-0.2, 0) is 6.61 Å². The molecule has 0 aliphatic carbocycles. The standard InChI is InChI=1S/C14H13ClO4S/c1-2-18-11-5-3-4-10(14(16)17)13(11)19-8-9-6-7-12(15)20-9/h3-7H,2,8H2,1H3,(H,16,17). The lowest BCUT2D eigenvalue weighted by atomic mass is 10.2. The number of benzene rings is 1. The van der Waals surface area contributed by atoms with E-state index in [9.17, 15) is 9.90 Å². The fraction of sp³-hybridized carbons (Fsp3) is 0.214. The molecular weight excluding hydrogens is 300 g/mol. The first-order chi connectivity index (χ1) is 9.61. The molecule has 6 heteroatoms. The van der Waals surface area contributed by atoms with Gasteiger partial charge in [0.05, 0.1) is 10.9 Å². The third-order valence-electron chi connectivity index (χ3n) is 2.50. The molecule has 0 saturated carbocycles. The lowest BCUT2D eigenvalue weighted by molar-refractivity contribution is 0.0690. The van der Waals surface area contributed by atoms with E-state index in [1.54, 1.807) is 18.2 Å². The van der Waals surface area contributed by atoms with Gasteiger partial charge < -0.3 is 14.6 Å². The second kappa shape index (κ2) is 6.63. The van der Waals surface area contributed by atoms with Gasteiger partial charge in [0, 0.05) is 4.88 Å². The van der Waals surface area contributed by atoms with Gasteiger partial charge in [-0.3, -0.25) is 0 Å². The van der Waals surface area contributed by atoms with Gasteiger partial charge >= 0.3 is 5.97 Å². The molecule has 0 bridgehead atoms. The van der Waals surface area contributed by atoms with Gasteiger partial charge in [-0.25, -0.2) is 4.79 Å². The van der Waals surface area contributed by atoms with Gasteiger partial charge in [-0.05, 0) is 31.2 Å². The third-order valence-corrected chi connectivity index (χ3v) is 3.70. The molecule has 0 atom stereocenters. The summed E-state index contributed by atoms with van der Waals surface area (Å²) in [5.74, 6) is -0.382. The quantitative estimate of drug-likeness (QED) is 0.873. The van der Waals surface area contributed by atoms with Gasteiger partial charge in [0.25, 0.3) is 0 Å². The van der Waals surface area contributed by atoms with E-state index < -0.39 is 5.97 Å². The smallest absolute Gasteiger partial charge is 0.339 e. The van der Waals surface area contributed by atoms with E-state index in [0.717, 1.165) is 4.88 Å². The van der Waals surface area contributed by atoms with Crippen molar-refractivity contribution in [3.63, 3.8) is 0 Å². The molecule has 1 aromatic carbocycles. The number of ether oxygens (including phenoxy) is 2. The molecule has 2 rings (SSSR count). The average molecular weight is 313 g/mol.